The number of methoxy groups -OCH3 is 1. The van der Waals surface area contributed by atoms with E-state index in [1.165, 1.54) is 7.11 Å². The molecule has 0 aliphatic carbocycles. The second-order valence-electron chi connectivity index (χ2n) is 5.53. The number of anilines is 1. The van der Waals surface area contributed by atoms with Crippen molar-refractivity contribution in [2.75, 3.05) is 38.3 Å². The van der Waals surface area contributed by atoms with Gasteiger partial charge in [0.25, 0.3) is 0 Å². The summed E-state index contributed by atoms with van der Waals surface area (Å²) in [5.74, 6) is -0.292. The summed E-state index contributed by atoms with van der Waals surface area (Å²) in [5.41, 5.74) is 0.660. The quantitative estimate of drug-likeness (QED) is 0.785. The van der Waals surface area contributed by atoms with Crippen LogP contribution in [0, 0.1) is 5.92 Å². The number of rotatable bonds is 4. The highest BCUT2D eigenvalue weighted by atomic mass is 16.6. The van der Waals surface area contributed by atoms with Crippen molar-refractivity contribution >= 4 is 23.5 Å². The van der Waals surface area contributed by atoms with Crippen LogP contribution in [0.3, 0.4) is 0 Å². The lowest BCUT2D eigenvalue weighted by Gasteiger charge is -2.22. The number of esters is 1. The molecule has 128 valence electrons. The fourth-order valence-electron chi connectivity index (χ4n) is 2.71. The Morgan fingerprint density at radius 2 is 2.04 bits per heavy atom. The molecular weight excluding hydrogens is 316 g/mol. The Kier molecular flexibility index (Phi) is 4.54. The molecule has 1 aromatic rings. The molecule has 0 aromatic heterocycles. The van der Waals surface area contributed by atoms with Crippen LogP contribution < -0.4 is 19.7 Å². The maximum atomic E-state index is 12.2. The van der Waals surface area contributed by atoms with Gasteiger partial charge in [-0.05, 0) is 12.1 Å². The van der Waals surface area contributed by atoms with Crippen LogP contribution in [-0.2, 0) is 19.1 Å². The summed E-state index contributed by atoms with van der Waals surface area (Å²) in [6, 6.07) is 5.25. The second-order valence-corrected chi connectivity index (χ2v) is 5.53. The summed E-state index contributed by atoms with van der Waals surface area (Å²) in [5, 5.41) is 2.48. The number of carbonyl (C=O) groups excluding carboxylic acids is 3. The first kappa shape index (κ1) is 16.1. The van der Waals surface area contributed by atoms with Gasteiger partial charge in [0.2, 0.25) is 11.8 Å². The fourth-order valence-corrected chi connectivity index (χ4v) is 2.71. The Morgan fingerprint density at radius 3 is 2.79 bits per heavy atom. The van der Waals surface area contributed by atoms with Gasteiger partial charge in [0.15, 0.2) is 11.5 Å². The van der Waals surface area contributed by atoms with Gasteiger partial charge in [-0.2, -0.15) is 0 Å². The second kappa shape index (κ2) is 6.77. The molecule has 8 heteroatoms. The fraction of sp³-hybridized carbons (Fsp3) is 0.438. The maximum Gasteiger partial charge on any atom is 0.325 e. The number of nitrogens with one attached hydrogen (secondary N) is 1. The highest BCUT2D eigenvalue weighted by molar-refractivity contribution is 6.00. The Labute approximate surface area is 138 Å². The number of hydrogen-bond donors (Lipinski definition) is 1. The molecular formula is C16H18N2O6. The summed E-state index contributed by atoms with van der Waals surface area (Å²) in [6.45, 7) is 1.01. The number of nitrogens with zero attached hydrogens (tertiary/aromatic N) is 1. The zero-order chi connectivity index (χ0) is 17.1. The largest absolute Gasteiger partial charge is 0.486 e. The third-order valence-electron chi connectivity index (χ3n) is 3.97. The molecule has 2 amide bonds. The SMILES string of the molecule is COC(=O)CNC(=O)C1CC(=O)N(c2ccc3c(c2)OCCO3)C1. The number of benzene rings is 1. The summed E-state index contributed by atoms with van der Waals surface area (Å²) >= 11 is 0. The average molecular weight is 334 g/mol. The summed E-state index contributed by atoms with van der Waals surface area (Å²) < 4.78 is 15.4. The molecule has 1 saturated heterocycles. The molecule has 3 rings (SSSR count). The normalized spacial score (nSPS) is 19.1. The number of amides is 2. The minimum Gasteiger partial charge on any atom is -0.486 e. The van der Waals surface area contributed by atoms with Gasteiger partial charge in [-0.1, -0.05) is 0 Å². The van der Waals surface area contributed by atoms with Crippen molar-refractivity contribution in [3.8, 4) is 11.5 Å². The van der Waals surface area contributed by atoms with Crippen molar-refractivity contribution in [3.63, 3.8) is 0 Å². The van der Waals surface area contributed by atoms with Crippen LogP contribution in [0.2, 0.25) is 0 Å². The van der Waals surface area contributed by atoms with Crippen molar-refractivity contribution in [1.82, 2.24) is 5.32 Å². The molecule has 1 N–H and O–H groups in total. The lowest BCUT2D eigenvalue weighted by molar-refractivity contribution is -0.141. The highest BCUT2D eigenvalue weighted by Gasteiger charge is 2.35. The van der Waals surface area contributed by atoms with E-state index in [-0.39, 0.29) is 31.3 Å². The Hall–Kier alpha value is -2.77. The predicted octanol–water partition coefficient (Wildman–Crippen LogP) is 0.0999. The van der Waals surface area contributed by atoms with Crippen LogP contribution in [0.15, 0.2) is 18.2 Å². The first-order chi connectivity index (χ1) is 11.6. The molecule has 0 radical (unpaired) electrons. The van der Waals surface area contributed by atoms with Crippen molar-refractivity contribution in [2.45, 2.75) is 6.42 Å². The molecule has 2 aliphatic rings. The van der Waals surface area contributed by atoms with Crippen molar-refractivity contribution in [3.05, 3.63) is 18.2 Å². The Morgan fingerprint density at radius 1 is 1.29 bits per heavy atom. The molecule has 1 unspecified atom stereocenters. The van der Waals surface area contributed by atoms with E-state index in [2.05, 4.69) is 10.1 Å². The highest BCUT2D eigenvalue weighted by Crippen LogP contribution is 2.35. The van der Waals surface area contributed by atoms with Crippen molar-refractivity contribution in [2.24, 2.45) is 5.92 Å². The average Bonchev–Trinajstić information content (AvgIpc) is 3.00. The zero-order valence-corrected chi connectivity index (χ0v) is 13.2. The summed E-state index contributed by atoms with van der Waals surface area (Å²) in [7, 11) is 1.25. The molecule has 0 bridgehead atoms. The molecule has 8 nitrogen and oxygen atoms in total. The molecule has 1 atom stereocenters. The van der Waals surface area contributed by atoms with Crippen LogP contribution in [0.5, 0.6) is 11.5 Å². The number of ether oxygens (including phenoxy) is 3. The van der Waals surface area contributed by atoms with Gasteiger partial charge in [-0.3, -0.25) is 14.4 Å². The summed E-state index contributed by atoms with van der Waals surface area (Å²) in [4.78, 5) is 36.9. The molecule has 1 aromatic carbocycles. The predicted molar refractivity (Wildman–Crippen MR) is 82.9 cm³/mol. The Bertz CT molecular complexity index is 675. The minimum absolute atomic E-state index is 0.0987. The van der Waals surface area contributed by atoms with Gasteiger partial charge >= 0.3 is 5.97 Å². The summed E-state index contributed by atoms with van der Waals surface area (Å²) in [6.07, 6.45) is 0.0987. The molecule has 2 aliphatic heterocycles. The monoisotopic (exact) mass is 334 g/mol. The van der Waals surface area contributed by atoms with Crippen LogP contribution >= 0.6 is 0 Å². The van der Waals surface area contributed by atoms with Gasteiger partial charge in [0, 0.05) is 24.7 Å². The van der Waals surface area contributed by atoms with Crippen LogP contribution in [0.1, 0.15) is 6.42 Å². The van der Waals surface area contributed by atoms with Crippen LogP contribution in [-0.4, -0.2) is 51.2 Å². The smallest absolute Gasteiger partial charge is 0.325 e. The molecule has 0 saturated carbocycles. The first-order valence-electron chi connectivity index (χ1n) is 7.63. The van der Waals surface area contributed by atoms with E-state index < -0.39 is 11.9 Å². The van der Waals surface area contributed by atoms with Gasteiger partial charge in [0.05, 0.1) is 13.0 Å². The van der Waals surface area contributed by atoms with Gasteiger partial charge < -0.3 is 24.4 Å². The van der Waals surface area contributed by atoms with Gasteiger partial charge in [-0.25, -0.2) is 0 Å². The van der Waals surface area contributed by atoms with Crippen LogP contribution in [0.25, 0.3) is 0 Å². The Balaban J connectivity index is 1.66. The molecule has 2 heterocycles. The van der Waals surface area contributed by atoms with E-state index in [0.29, 0.717) is 30.4 Å². The van der Waals surface area contributed by atoms with E-state index >= 15 is 0 Å². The third-order valence-corrected chi connectivity index (χ3v) is 3.97. The number of hydrogen-bond acceptors (Lipinski definition) is 6. The maximum absolute atomic E-state index is 12.2. The van der Waals surface area contributed by atoms with Crippen molar-refractivity contribution < 1.29 is 28.6 Å². The first-order valence-corrected chi connectivity index (χ1v) is 7.63. The molecule has 24 heavy (non-hydrogen) atoms. The number of carbonyl (C=O) groups is 3. The molecule has 1 fully saturated rings. The topological polar surface area (TPSA) is 94.2 Å². The zero-order valence-electron chi connectivity index (χ0n) is 13.2. The van der Waals surface area contributed by atoms with E-state index in [1.807, 2.05) is 0 Å². The van der Waals surface area contributed by atoms with Crippen molar-refractivity contribution in [1.29, 1.82) is 0 Å². The van der Waals surface area contributed by atoms with E-state index in [0.717, 1.165) is 0 Å². The lowest BCUT2D eigenvalue weighted by atomic mass is 10.1. The van der Waals surface area contributed by atoms with E-state index in [4.69, 9.17) is 9.47 Å². The van der Waals surface area contributed by atoms with Crippen LogP contribution in [0.4, 0.5) is 5.69 Å². The lowest BCUT2D eigenvalue weighted by Crippen LogP contribution is -2.36. The standard InChI is InChI=1S/C16H18N2O6/c1-22-15(20)8-17-16(21)10-6-14(19)18(9-10)11-2-3-12-13(7-11)24-5-4-23-12/h2-3,7,10H,4-6,8-9H2,1H3,(H,17,21). The minimum atomic E-state index is -0.531. The number of fused-ring (bicyclic) bond motifs is 1. The third kappa shape index (κ3) is 3.27. The van der Waals surface area contributed by atoms with Gasteiger partial charge in [0.1, 0.15) is 19.8 Å². The van der Waals surface area contributed by atoms with E-state index in [1.54, 1.807) is 23.1 Å². The van der Waals surface area contributed by atoms with E-state index in [9.17, 15) is 14.4 Å². The van der Waals surface area contributed by atoms with Gasteiger partial charge in [-0.15, -0.1) is 0 Å². The molecule has 0 spiro atoms.